The summed E-state index contributed by atoms with van der Waals surface area (Å²) in [6.07, 6.45) is 2.22. The molecule has 2 N–H and O–H groups in total. The molecule has 9 aromatic rings. The topological polar surface area (TPSA) is 184 Å². The first kappa shape index (κ1) is 39.5. The molecule has 61 heavy (non-hydrogen) atoms. The van der Waals surface area contributed by atoms with Crippen LogP contribution in [0.3, 0.4) is 0 Å². The van der Waals surface area contributed by atoms with E-state index in [0.29, 0.717) is 22.6 Å². The largest absolute Gasteiger partial charge is 0.456 e. The van der Waals surface area contributed by atoms with Gasteiger partial charge in [0, 0.05) is 45.7 Å². The maximum Gasteiger partial charge on any atom is 0.268 e. The second-order valence-electron chi connectivity index (χ2n) is 13.8. The first-order chi connectivity index (χ1) is 29.2. The van der Waals surface area contributed by atoms with Gasteiger partial charge in [-0.05, 0) is 97.1 Å². The zero-order valence-corrected chi connectivity index (χ0v) is 34.8. The van der Waals surface area contributed by atoms with Crippen molar-refractivity contribution in [3.8, 4) is 22.6 Å². The molecule has 3 aromatic heterocycles. The number of para-hydroxylation sites is 2. The lowest BCUT2D eigenvalue weighted by atomic mass is 10.1. The molecule has 0 spiro atoms. The summed E-state index contributed by atoms with van der Waals surface area (Å²) in [5.74, 6) is 0.954. The Morgan fingerprint density at radius 3 is 1.10 bits per heavy atom. The van der Waals surface area contributed by atoms with Crippen molar-refractivity contribution in [1.82, 2.24) is 7.94 Å². The molecule has 0 bridgehead atoms. The quantitative estimate of drug-likeness (QED) is 0.121. The smallest absolute Gasteiger partial charge is 0.268 e. The van der Waals surface area contributed by atoms with Gasteiger partial charge in [-0.15, -0.1) is 0 Å². The standard InChI is InChI=1S/C44H32N4O9S4/c49-58(50,43-29-47(39-17-9-7-15-37(39)43)60(53,54)35-11-3-1-4-12-35)45-33-23-19-31(20-24-33)41-27-28-42(57-41)32-21-25-34(26-22-32)46-59(51,52)44-30-48(40-18-10-8-16-38(40)44)61(55,56)36-13-5-2-6-14-36/h1-30,45-46H. The second kappa shape index (κ2) is 15.0. The van der Waals surface area contributed by atoms with Gasteiger partial charge >= 0.3 is 0 Å². The molecular formula is C44H32N4O9S4. The molecule has 0 amide bonds. The minimum absolute atomic E-state index is 0.0163. The summed E-state index contributed by atoms with van der Waals surface area (Å²) in [7, 11) is -16.7. The molecule has 0 saturated carbocycles. The Bertz CT molecular complexity index is 3330. The number of nitrogens with zero attached hydrogens (tertiary/aromatic N) is 2. The van der Waals surface area contributed by atoms with Crippen LogP contribution >= 0.6 is 0 Å². The summed E-state index contributed by atoms with van der Waals surface area (Å²) in [6, 6.07) is 44.6. The van der Waals surface area contributed by atoms with Crippen molar-refractivity contribution < 1.29 is 38.1 Å². The van der Waals surface area contributed by atoms with E-state index in [1.54, 1.807) is 146 Å². The summed E-state index contributed by atoms with van der Waals surface area (Å²) in [5.41, 5.74) is 2.17. The van der Waals surface area contributed by atoms with Crippen LogP contribution in [0, 0.1) is 0 Å². The average molecular weight is 889 g/mol. The third kappa shape index (κ3) is 7.26. The predicted molar refractivity (Wildman–Crippen MR) is 233 cm³/mol. The van der Waals surface area contributed by atoms with Crippen molar-refractivity contribution in [3.05, 3.63) is 182 Å². The Morgan fingerprint density at radius 1 is 0.377 bits per heavy atom. The Labute approximate surface area is 351 Å². The second-order valence-corrected chi connectivity index (χ2v) is 20.7. The highest BCUT2D eigenvalue weighted by Crippen LogP contribution is 2.34. The monoisotopic (exact) mass is 888 g/mol. The zero-order valence-electron chi connectivity index (χ0n) is 31.5. The first-order valence-electron chi connectivity index (χ1n) is 18.4. The van der Waals surface area contributed by atoms with Crippen LogP contribution in [-0.4, -0.2) is 41.6 Å². The number of hydrogen-bond acceptors (Lipinski definition) is 9. The Kier molecular flexibility index (Phi) is 9.70. The van der Waals surface area contributed by atoms with Gasteiger partial charge in [0.2, 0.25) is 0 Å². The van der Waals surface area contributed by atoms with Gasteiger partial charge in [-0.25, -0.2) is 41.6 Å². The van der Waals surface area contributed by atoms with Crippen molar-refractivity contribution in [2.45, 2.75) is 19.6 Å². The number of nitrogens with one attached hydrogen (secondary N) is 2. The summed E-state index contributed by atoms with van der Waals surface area (Å²) < 4.78 is 122. The fourth-order valence-corrected chi connectivity index (χ4v) is 12.4. The first-order valence-corrected chi connectivity index (χ1v) is 24.2. The van der Waals surface area contributed by atoms with Gasteiger partial charge in [0.05, 0.1) is 20.8 Å². The van der Waals surface area contributed by atoms with Gasteiger partial charge in [-0.2, -0.15) is 0 Å². The van der Waals surface area contributed by atoms with E-state index in [4.69, 9.17) is 4.42 Å². The zero-order chi connectivity index (χ0) is 42.6. The van der Waals surface area contributed by atoms with Crippen LogP contribution in [0.2, 0.25) is 0 Å². The maximum atomic E-state index is 13.7. The summed E-state index contributed by atoms with van der Waals surface area (Å²) in [5, 5.41) is 0.473. The molecule has 0 saturated heterocycles. The highest BCUT2D eigenvalue weighted by atomic mass is 32.2. The molecule has 17 heteroatoms. The van der Waals surface area contributed by atoms with Gasteiger partial charge in [0.25, 0.3) is 40.1 Å². The molecule has 0 aliphatic heterocycles. The van der Waals surface area contributed by atoms with E-state index in [2.05, 4.69) is 9.44 Å². The minimum atomic E-state index is -4.25. The molecular weight excluding hydrogens is 857 g/mol. The molecule has 0 atom stereocenters. The molecule has 3 heterocycles. The molecule has 0 aliphatic rings. The van der Waals surface area contributed by atoms with Gasteiger partial charge in [0.15, 0.2) is 0 Å². The van der Waals surface area contributed by atoms with Gasteiger partial charge in [-0.1, -0.05) is 72.8 Å². The predicted octanol–water partition coefficient (Wildman–Crippen LogP) is 8.60. The fraction of sp³-hybridized carbons (Fsp3) is 0. The molecule has 0 radical (unpaired) electrons. The number of furan rings is 1. The number of anilines is 2. The van der Waals surface area contributed by atoms with Crippen LogP contribution in [-0.2, 0) is 40.1 Å². The summed E-state index contributed by atoms with van der Waals surface area (Å²) in [6.45, 7) is 0. The van der Waals surface area contributed by atoms with Gasteiger partial charge in [0.1, 0.15) is 21.3 Å². The van der Waals surface area contributed by atoms with Crippen LogP contribution in [0.15, 0.2) is 206 Å². The summed E-state index contributed by atoms with van der Waals surface area (Å²) in [4.78, 5) is -0.378. The van der Waals surface area contributed by atoms with Crippen LogP contribution in [0.1, 0.15) is 0 Å². The average Bonchev–Trinajstić information content (AvgIpc) is 4.02. The lowest BCUT2D eigenvalue weighted by molar-refractivity contribution is 0.586. The molecule has 6 aromatic carbocycles. The van der Waals surface area contributed by atoms with Crippen LogP contribution < -0.4 is 9.44 Å². The van der Waals surface area contributed by atoms with E-state index in [1.807, 2.05) is 0 Å². The summed E-state index contributed by atoms with van der Waals surface area (Å²) >= 11 is 0. The van der Waals surface area contributed by atoms with E-state index < -0.39 is 40.1 Å². The van der Waals surface area contributed by atoms with Crippen molar-refractivity contribution in [3.63, 3.8) is 0 Å². The number of fused-ring (bicyclic) bond motifs is 2. The van der Waals surface area contributed by atoms with Gasteiger partial charge < -0.3 is 4.42 Å². The van der Waals surface area contributed by atoms with E-state index in [9.17, 15) is 33.7 Å². The Hall–Kier alpha value is -6.92. The maximum absolute atomic E-state index is 13.7. The molecule has 306 valence electrons. The normalized spacial score (nSPS) is 12.5. The van der Waals surface area contributed by atoms with Crippen LogP contribution in [0.5, 0.6) is 0 Å². The van der Waals surface area contributed by atoms with E-state index in [-0.39, 0.29) is 52.8 Å². The molecule has 0 aliphatic carbocycles. The SMILES string of the molecule is O=S(=O)(Nc1ccc(-c2ccc(-c3ccc(NS(=O)(=O)c4cn(S(=O)(=O)c5ccccc5)c5ccccc45)cc3)o2)cc1)c1cn(S(=O)(=O)c2ccccc2)c2ccccc12. The molecule has 9 rings (SSSR count). The Balaban J connectivity index is 0.914. The molecule has 0 unspecified atom stereocenters. The van der Waals surface area contributed by atoms with E-state index in [1.165, 1.54) is 24.3 Å². The van der Waals surface area contributed by atoms with E-state index >= 15 is 0 Å². The van der Waals surface area contributed by atoms with Crippen molar-refractivity contribution in [1.29, 1.82) is 0 Å². The number of aromatic nitrogens is 2. The highest BCUT2D eigenvalue weighted by molar-refractivity contribution is 7.93. The van der Waals surface area contributed by atoms with Crippen LogP contribution in [0.25, 0.3) is 44.5 Å². The minimum Gasteiger partial charge on any atom is -0.456 e. The number of hydrogen-bond donors (Lipinski definition) is 2. The van der Waals surface area contributed by atoms with E-state index in [0.717, 1.165) is 20.3 Å². The van der Waals surface area contributed by atoms with Crippen molar-refractivity contribution in [2.75, 3.05) is 9.44 Å². The molecule has 13 nitrogen and oxygen atoms in total. The highest BCUT2D eigenvalue weighted by Gasteiger charge is 2.28. The third-order valence-corrected chi connectivity index (χ3v) is 16.1. The van der Waals surface area contributed by atoms with Gasteiger partial charge in [-0.3, -0.25) is 9.44 Å². The lowest BCUT2D eigenvalue weighted by Gasteiger charge is -2.08. The number of benzene rings is 6. The Morgan fingerprint density at radius 2 is 0.721 bits per heavy atom. The van der Waals surface area contributed by atoms with Crippen molar-refractivity contribution >= 4 is 73.3 Å². The number of sulfonamides is 2. The third-order valence-electron chi connectivity index (χ3n) is 9.91. The van der Waals surface area contributed by atoms with Crippen molar-refractivity contribution in [2.24, 2.45) is 0 Å². The number of rotatable bonds is 12. The lowest BCUT2D eigenvalue weighted by Crippen LogP contribution is -2.14. The van der Waals surface area contributed by atoms with Crippen LogP contribution in [0.4, 0.5) is 11.4 Å². The fourth-order valence-electron chi connectivity index (χ4n) is 6.95. The molecule has 0 fully saturated rings.